The lowest BCUT2D eigenvalue weighted by Crippen LogP contribution is -2.28. The van der Waals surface area contributed by atoms with Gasteiger partial charge in [-0.2, -0.15) is 0 Å². The van der Waals surface area contributed by atoms with E-state index < -0.39 is 11.2 Å². The summed E-state index contributed by atoms with van der Waals surface area (Å²) in [6.45, 7) is 0. The van der Waals surface area contributed by atoms with E-state index >= 15 is 0 Å². The molecule has 0 aliphatic heterocycles. The number of hydrogen-bond acceptors (Lipinski definition) is 2. The molecule has 2 N–H and O–H groups in total. The van der Waals surface area contributed by atoms with Crippen LogP contribution in [0.3, 0.4) is 0 Å². The van der Waals surface area contributed by atoms with E-state index in [-0.39, 0.29) is 0 Å². The lowest BCUT2D eigenvalue weighted by Gasteiger charge is -2.26. The fraction of sp³-hybridized carbons (Fsp3) is 0.750. The van der Waals surface area contributed by atoms with Gasteiger partial charge in [-0.3, -0.25) is 0 Å². The molecule has 2 nitrogen and oxygen atoms in total. The van der Waals surface area contributed by atoms with Gasteiger partial charge >= 0.3 is 0 Å². The molecule has 2 aliphatic carbocycles. The van der Waals surface area contributed by atoms with Crippen LogP contribution in [0, 0.1) is 24.7 Å². The largest absolute Gasteiger partial charge is 0.378 e. The highest BCUT2D eigenvalue weighted by Gasteiger charge is 2.26. The van der Waals surface area contributed by atoms with E-state index in [1.54, 1.807) is 0 Å². The third kappa shape index (κ3) is 4.73. The summed E-state index contributed by atoms with van der Waals surface area (Å²) in [5.74, 6) is 4.87. The molecule has 0 aromatic carbocycles. The number of rotatable bonds is 0. The lowest BCUT2D eigenvalue weighted by atomic mass is 9.86. The van der Waals surface area contributed by atoms with E-state index in [4.69, 9.17) is 12.8 Å². The second-order valence-electron chi connectivity index (χ2n) is 5.47. The van der Waals surface area contributed by atoms with Gasteiger partial charge in [-0.15, -0.1) is 12.8 Å². The molecule has 18 heavy (non-hydrogen) atoms. The molecule has 2 rings (SSSR count). The van der Waals surface area contributed by atoms with E-state index in [1.807, 2.05) is 0 Å². The van der Waals surface area contributed by atoms with E-state index in [2.05, 4.69) is 11.8 Å². The van der Waals surface area contributed by atoms with Crippen LogP contribution in [-0.2, 0) is 0 Å². The molecule has 0 unspecified atom stereocenters. The average Bonchev–Trinajstić information content (AvgIpc) is 2.41. The van der Waals surface area contributed by atoms with Crippen LogP contribution in [0.4, 0.5) is 0 Å². The van der Waals surface area contributed by atoms with Crippen molar-refractivity contribution in [2.45, 2.75) is 75.4 Å². The maximum absolute atomic E-state index is 9.44. The van der Waals surface area contributed by atoms with Gasteiger partial charge in [0.25, 0.3) is 0 Å². The summed E-state index contributed by atoms with van der Waals surface area (Å²) in [6.07, 6.45) is 20.2. The van der Waals surface area contributed by atoms with Crippen molar-refractivity contribution in [1.82, 2.24) is 0 Å². The van der Waals surface area contributed by atoms with Crippen molar-refractivity contribution < 1.29 is 10.2 Å². The Morgan fingerprint density at radius 3 is 1.06 bits per heavy atom. The van der Waals surface area contributed by atoms with Crippen molar-refractivity contribution in [2.75, 3.05) is 0 Å². The predicted molar refractivity (Wildman–Crippen MR) is 73.7 cm³/mol. The molecule has 0 radical (unpaired) electrons. The van der Waals surface area contributed by atoms with Gasteiger partial charge in [-0.05, 0) is 51.4 Å². The Morgan fingerprint density at radius 1 is 0.611 bits per heavy atom. The van der Waals surface area contributed by atoms with Crippen LogP contribution < -0.4 is 0 Å². The van der Waals surface area contributed by atoms with Crippen molar-refractivity contribution in [3.63, 3.8) is 0 Å². The summed E-state index contributed by atoms with van der Waals surface area (Å²) in [6, 6.07) is 0. The molecular formula is C16H24O2. The smallest absolute Gasteiger partial charge is 0.125 e. The van der Waals surface area contributed by atoms with Gasteiger partial charge in [0, 0.05) is 0 Å². The van der Waals surface area contributed by atoms with Gasteiger partial charge in [0.1, 0.15) is 11.2 Å². The molecule has 0 heterocycles. The SMILES string of the molecule is C#CC1(O)CCCCC1.C#CC1(O)CCCCC1. The van der Waals surface area contributed by atoms with Gasteiger partial charge in [0.05, 0.1) is 0 Å². The Labute approximate surface area is 111 Å². The summed E-state index contributed by atoms with van der Waals surface area (Å²) < 4.78 is 0. The van der Waals surface area contributed by atoms with Crippen LogP contribution in [0.25, 0.3) is 0 Å². The Hall–Kier alpha value is -0.960. The molecule has 2 heteroatoms. The van der Waals surface area contributed by atoms with Crippen LogP contribution in [-0.4, -0.2) is 21.4 Å². The second kappa shape index (κ2) is 6.83. The Bertz CT molecular complexity index is 286. The molecule has 2 saturated carbocycles. The summed E-state index contributed by atoms with van der Waals surface area (Å²) in [5.41, 5.74) is -1.50. The van der Waals surface area contributed by atoms with Crippen molar-refractivity contribution in [1.29, 1.82) is 0 Å². The second-order valence-corrected chi connectivity index (χ2v) is 5.47. The lowest BCUT2D eigenvalue weighted by molar-refractivity contribution is 0.0607. The zero-order valence-corrected chi connectivity index (χ0v) is 11.1. The monoisotopic (exact) mass is 248 g/mol. The Morgan fingerprint density at radius 2 is 0.889 bits per heavy atom. The standard InChI is InChI=1S/2C8H12O/c2*1-2-8(9)6-4-3-5-7-8/h2*1,9H,3-7H2. The molecule has 0 bridgehead atoms. The van der Waals surface area contributed by atoms with Gasteiger partial charge < -0.3 is 10.2 Å². The van der Waals surface area contributed by atoms with Crippen LogP contribution in [0.1, 0.15) is 64.2 Å². The third-order valence-corrected chi connectivity index (χ3v) is 3.90. The molecule has 0 aromatic heterocycles. The quantitative estimate of drug-likeness (QED) is 0.647. The van der Waals surface area contributed by atoms with E-state index in [9.17, 15) is 10.2 Å². The minimum Gasteiger partial charge on any atom is -0.378 e. The van der Waals surface area contributed by atoms with E-state index in [0.29, 0.717) is 0 Å². The van der Waals surface area contributed by atoms with Gasteiger partial charge in [-0.1, -0.05) is 24.7 Å². The van der Waals surface area contributed by atoms with Gasteiger partial charge in [0.2, 0.25) is 0 Å². The fourth-order valence-corrected chi connectivity index (χ4v) is 2.56. The first kappa shape index (κ1) is 15.1. The van der Waals surface area contributed by atoms with E-state index in [0.717, 1.165) is 51.4 Å². The normalized spacial score (nSPS) is 24.9. The minimum atomic E-state index is -0.752. The number of aliphatic hydroxyl groups is 2. The molecule has 0 amide bonds. The first-order valence-corrected chi connectivity index (χ1v) is 6.94. The molecule has 0 saturated heterocycles. The van der Waals surface area contributed by atoms with Crippen LogP contribution in [0.5, 0.6) is 0 Å². The van der Waals surface area contributed by atoms with Gasteiger partial charge in [-0.25, -0.2) is 0 Å². The molecule has 0 spiro atoms. The molecule has 0 aromatic rings. The molecule has 2 aliphatic rings. The predicted octanol–water partition coefficient (Wildman–Crippen LogP) is 2.63. The fourth-order valence-electron chi connectivity index (χ4n) is 2.56. The maximum atomic E-state index is 9.44. The first-order valence-electron chi connectivity index (χ1n) is 6.94. The number of terminal acetylenes is 2. The maximum Gasteiger partial charge on any atom is 0.125 e. The van der Waals surface area contributed by atoms with Crippen molar-refractivity contribution in [3.8, 4) is 24.7 Å². The molecule has 100 valence electrons. The third-order valence-electron chi connectivity index (χ3n) is 3.90. The highest BCUT2D eigenvalue weighted by molar-refractivity contribution is 5.08. The van der Waals surface area contributed by atoms with Crippen LogP contribution in [0.15, 0.2) is 0 Å². The number of hydrogen-bond donors (Lipinski definition) is 2. The summed E-state index contributed by atoms with van der Waals surface area (Å²) in [7, 11) is 0. The average molecular weight is 248 g/mol. The highest BCUT2D eigenvalue weighted by Crippen LogP contribution is 2.27. The Balaban J connectivity index is 0.000000180. The zero-order valence-electron chi connectivity index (χ0n) is 11.1. The van der Waals surface area contributed by atoms with Crippen molar-refractivity contribution in [2.24, 2.45) is 0 Å². The molecule has 0 atom stereocenters. The summed E-state index contributed by atoms with van der Waals surface area (Å²) in [5, 5.41) is 18.9. The van der Waals surface area contributed by atoms with Crippen molar-refractivity contribution in [3.05, 3.63) is 0 Å². The molecule has 2 fully saturated rings. The molecular weight excluding hydrogens is 224 g/mol. The van der Waals surface area contributed by atoms with Crippen LogP contribution in [0.2, 0.25) is 0 Å². The van der Waals surface area contributed by atoms with E-state index in [1.165, 1.54) is 12.8 Å². The van der Waals surface area contributed by atoms with Crippen LogP contribution >= 0.6 is 0 Å². The zero-order chi connectivity index (χ0) is 13.5. The highest BCUT2D eigenvalue weighted by atomic mass is 16.3. The van der Waals surface area contributed by atoms with Gasteiger partial charge in [0.15, 0.2) is 0 Å². The minimum absolute atomic E-state index is 0.752. The van der Waals surface area contributed by atoms with Crippen molar-refractivity contribution >= 4 is 0 Å². The first-order chi connectivity index (χ1) is 8.54. The topological polar surface area (TPSA) is 40.5 Å². The summed E-state index contributed by atoms with van der Waals surface area (Å²) in [4.78, 5) is 0. The Kier molecular flexibility index (Phi) is 5.73. The summed E-state index contributed by atoms with van der Waals surface area (Å²) >= 11 is 0.